The second-order valence-electron chi connectivity index (χ2n) is 5.40. The van der Waals surface area contributed by atoms with Crippen molar-refractivity contribution in [1.29, 1.82) is 0 Å². The van der Waals surface area contributed by atoms with Crippen molar-refractivity contribution < 1.29 is 9.53 Å². The Balaban J connectivity index is 1.60. The fourth-order valence-corrected chi connectivity index (χ4v) is 2.45. The Morgan fingerprint density at radius 2 is 2.20 bits per heavy atom. The summed E-state index contributed by atoms with van der Waals surface area (Å²) in [5.41, 5.74) is 0.851. The van der Waals surface area contributed by atoms with Crippen LogP contribution in [0.15, 0.2) is 30.3 Å². The Hall–Kier alpha value is -1.39. The van der Waals surface area contributed by atoms with Crippen LogP contribution in [0, 0.1) is 0 Å². The first kappa shape index (κ1) is 15.0. The Morgan fingerprint density at radius 3 is 2.90 bits per heavy atom. The van der Waals surface area contributed by atoms with Gasteiger partial charge in [-0.15, -0.1) is 0 Å². The third-order valence-electron chi connectivity index (χ3n) is 3.53. The average molecular weight is 276 g/mol. The van der Waals surface area contributed by atoms with Crippen molar-refractivity contribution in [2.75, 3.05) is 18.5 Å². The van der Waals surface area contributed by atoms with Gasteiger partial charge in [-0.3, -0.25) is 4.79 Å². The molecule has 0 spiro atoms. The lowest BCUT2D eigenvalue weighted by atomic mass is 10.1. The van der Waals surface area contributed by atoms with Gasteiger partial charge in [0.25, 0.3) is 0 Å². The van der Waals surface area contributed by atoms with Gasteiger partial charge in [-0.25, -0.2) is 0 Å². The van der Waals surface area contributed by atoms with Gasteiger partial charge in [-0.1, -0.05) is 18.2 Å². The molecule has 1 aliphatic rings. The molecule has 0 radical (unpaired) electrons. The molecule has 1 aromatic carbocycles. The van der Waals surface area contributed by atoms with E-state index in [1.165, 1.54) is 12.8 Å². The van der Waals surface area contributed by atoms with E-state index in [4.69, 9.17) is 4.74 Å². The van der Waals surface area contributed by atoms with Gasteiger partial charge in [0.05, 0.1) is 6.10 Å². The molecule has 110 valence electrons. The fourth-order valence-electron chi connectivity index (χ4n) is 2.45. The summed E-state index contributed by atoms with van der Waals surface area (Å²) in [7, 11) is 0. The summed E-state index contributed by atoms with van der Waals surface area (Å²) < 4.78 is 5.58. The highest BCUT2D eigenvalue weighted by Crippen LogP contribution is 2.14. The van der Waals surface area contributed by atoms with E-state index in [1.807, 2.05) is 37.3 Å². The molecule has 0 aromatic heterocycles. The number of carbonyl (C=O) groups excluding carboxylic acids is 1. The van der Waals surface area contributed by atoms with Crippen molar-refractivity contribution in [3.05, 3.63) is 30.3 Å². The fraction of sp³-hybridized carbons (Fsp3) is 0.562. The molecule has 1 fully saturated rings. The number of para-hydroxylation sites is 1. The predicted octanol–water partition coefficient (Wildman–Crippen LogP) is 2.56. The number of carbonyl (C=O) groups is 1. The van der Waals surface area contributed by atoms with Gasteiger partial charge < -0.3 is 15.4 Å². The third-order valence-corrected chi connectivity index (χ3v) is 3.53. The molecule has 0 aliphatic carbocycles. The Bertz CT molecular complexity index is 402. The van der Waals surface area contributed by atoms with Crippen LogP contribution in [-0.4, -0.2) is 31.2 Å². The van der Waals surface area contributed by atoms with Crippen LogP contribution in [0.2, 0.25) is 0 Å². The van der Waals surface area contributed by atoms with E-state index in [-0.39, 0.29) is 11.9 Å². The maximum Gasteiger partial charge on any atom is 0.225 e. The van der Waals surface area contributed by atoms with Crippen LogP contribution in [0.1, 0.15) is 32.6 Å². The van der Waals surface area contributed by atoms with Crippen LogP contribution in [0.5, 0.6) is 0 Å². The Morgan fingerprint density at radius 1 is 1.40 bits per heavy atom. The second kappa shape index (κ2) is 8.02. The van der Waals surface area contributed by atoms with Crippen molar-refractivity contribution in [3.63, 3.8) is 0 Å². The van der Waals surface area contributed by atoms with E-state index in [9.17, 15) is 4.79 Å². The van der Waals surface area contributed by atoms with Crippen LogP contribution in [0.25, 0.3) is 0 Å². The number of anilines is 1. The van der Waals surface area contributed by atoms with E-state index in [1.54, 1.807) is 0 Å². The van der Waals surface area contributed by atoms with Gasteiger partial charge in [0, 0.05) is 24.8 Å². The van der Waals surface area contributed by atoms with E-state index >= 15 is 0 Å². The normalized spacial score (nSPS) is 19.8. The molecule has 2 N–H and O–H groups in total. The van der Waals surface area contributed by atoms with Gasteiger partial charge in [-0.05, 0) is 44.9 Å². The van der Waals surface area contributed by atoms with E-state index < -0.39 is 0 Å². The highest BCUT2D eigenvalue weighted by molar-refractivity contribution is 5.90. The van der Waals surface area contributed by atoms with Crippen LogP contribution in [-0.2, 0) is 9.53 Å². The van der Waals surface area contributed by atoms with Gasteiger partial charge in [0.15, 0.2) is 0 Å². The molecule has 2 rings (SSSR count). The number of hydrogen-bond donors (Lipinski definition) is 2. The third kappa shape index (κ3) is 5.31. The molecule has 1 amide bonds. The summed E-state index contributed by atoms with van der Waals surface area (Å²) in [5, 5.41) is 6.29. The number of benzene rings is 1. The lowest BCUT2D eigenvalue weighted by Gasteiger charge is -2.15. The molecule has 0 unspecified atom stereocenters. The summed E-state index contributed by atoms with van der Waals surface area (Å²) in [6.07, 6.45) is 4.28. The van der Waals surface area contributed by atoms with Crippen molar-refractivity contribution >= 4 is 11.6 Å². The molecule has 0 saturated carbocycles. The monoisotopic (exact) mass is 276 g/mol. The SMILES string of the molecule is C[C@H](CC(=O)Nc1ccccc1)NCC[C@@H]1CCCO1. The number of amides is 1. The van der Waals surface area contributed by atoms with Crippen LogP contribution >= 0.6 is 0 Å². The molecule has 20 heavy (non-hydrogen) atoms. The van der Waals surface area contributed by atoms with Gasteiger partial charge >= 0.3 is 0 Å². The van der Waals surface area contributed by atoms with Gasteiger partial charge in [-0.2, -0.15) is 0 Å². The maximum atomic E-state index is 11.9. The summed E-state index contributed by atoms with van der Waals surface area (Å²) in [5.74, 6) is 0.0494. The highest BCUT2D eigenvalue weighted by Gasteiger charge is 2.15. The van der Waals surface area contributed by atoms with Crippen molar-refractivity contribution in [2.24, 2.45) is 0 Å². The van der Waals surface area contributed by atoms with E-state index in [0.29, 0.717) is 12.5 Å². The number of nitrogens with one attached hydrogen (secondary N) is 2. The minimum absolute atomic E-state index is 0.0494. The first-order chi connectivity index (χ1) is 9.74. The number of ether oxygens (including phenoxy) is 1. The zero-order valence-corrected chi connectivity index (χ0v) is 12.1. The summed E-state index contributed by atoms with van der Waals surface area (Å²) in [6.45, 7) is 3.85. The van der Waals surface area contributed by atoms with E-state index in [0.717, 1.165) is 25.3 Å². The summed E-state index contributed by atoms with van der Waals surface area (Å²) >= 11 is 0. The lowest BCUT2D eigenvalue weighted by molar-refractivity contribution is -0.116. The van der Waals surface area contributed by atoms with Crippen molar-refractivity contribution in [3.8, 4) is 0 Å². The molecule has 1 aromatic rings. The lowest BCUT2D eigenvalue weighted by Crippen LogP contribution is -2.32. The molecular weight excluding hydrogens is 252 g/mol. The van der Waals surface area contributed by atoms with Gasteiger partial charge in [0.2, 0.25) is 5.91 Å². The van der Waals surface area contributed by atoms with Crippen molar-refractivity contribution in [2.45, 2.75) is 44.8 Å². The summed E-state index contributed by atoms with van der Waals surface area (Å²) in [6, 6.07) is 9.74. The Labute approximate surface area is 120 Å². The first-order valence-electron chi connectivity index (χ1n) is 7.44. The quantitative estimate of drug-likeness (QED) is 0.804. The molecule has 4 nitrogen and oxygen atoms in total. The van der Waals surface area contributed by atoms with Crippen LogP contribution in [0.4, 0.5) is 5.69 Å². The average Bonchev–Trinajstić information content (AvgIpc) is 2.93. The molecule has 1 heterocycles. The number of rotatable bonds is 7. The molecule has 0 bridgehead atoms. The van der Waals surface area contributed by atoms with Crippen LogP contribution < -0.4 is 10.6 Å². The number of hydrogen-bond acceptors (Lipinski definition) is 3. The van der Waals surface area contributed by atoms with Crippen molar-refractivity contribution in [1.82, 2.24) is 5.32 Å². The topological polar surface area (TPSA) is 50.4 Å². The second-order valence-corrected chi connectivity index (χ2v) is 5.40. The zero-order chi connectivity index (χ0) is 14.2. The molecule has 1 saturated heterocycles. The molecule has 4 heteroatoms. The molecule has 1 aliphatic heterocycles. The van der Waals surface area contributed by atoms with E-state index in [2.05, 4.69) is 10.6 Å². The highest BCUT2D eigenvalue weighted by atomic mass is 16.5. The Kier molecular flexibility index (Phi) is 6.02. The summed E-state index contributed by atoms with van der Waals surface area (Å²) in [4.78, 5) is 11.9. The molecular formula is C16H24N2O2. The minimum Gasteiger partial charge on any atom is -0.378 e. The first-order valence-corrected chi connectivity index (χ1v) is 7.44. The smallest absolute Gasteiger partial charge is 0.225 e. The largest absolute Gasteiger partial charge is 0.378 e. The molecule has 2 atom stereocenters. The maximum absolute atomic E-state index is 11.9. The van der Waals surface area contributed by atoms with Gasteiger partial charge in [0.1, 0.15) is 0 Å². The predicted molar refractivity (Wildman–Crippen MR) is 80.7 cm³/mol. The minimum atomic E-state index is 0.0494. The van der Waals surface area contributed by atoms with Crippen LogP contribution in [0.3, 0.4) is 0 Å². The zero-order valence-electron chi connectivity index (χ0n) is 12.1. The standard InChI is InChI=1S/C16H24N2O2/c1-13(17-10-9-15-8-5-11-20-15)12-16(19)18-14-6-3-2-4-7-14/h2-4,6-7,13,15,17H,5,8-12H2,1H3,(H,18,19)/t13-,15+/m1/s1.